The molecule has 2 aromatic rings. The summed E-state index contributed by atoms with van der Waals surface area (Å²) in [7, 11) is 0. The van der Waals surface area contributed by atoms with Crippen molar-refractivity contribution < 1.29 is 23.5 Å². The van der Waals surface area contributed by atoms with Crippen LogP contribution in [0.3, 0.4) is 0 Å². The van der Waals surface area contributed by atoms with Crippen molar-refractivity contribution in [1.29, 1.82) is 0 Å². The number of hydrogen-bond donors (Lipinski definition) is 0. The molecular weight excluding hydrogens is 375 g/mol. The molecule has 2 aliphatic heterocycles. The van der Waals surface area contributed by atoms with E-state index in [1.165, 1.54) is 12.1 Å². The molecule has 0 bridgehead atoms. The fraction of sp³-hybridized carbons (Fsp3) is 0.364. The molecule has 7 heteroatoms. The van der Waals surface area contributed by atoms with Crippen LogP contribution in [0.4, 0.5) is 10.1 Å². The van der Waals surface area contributed by atoms with Gasteiger partial charge in [-0.2, -0.15) is 0 Å². The summed E-state index contributed by atoms with van der Waals surface area (Å²) in [6, 6.07) is 15.4. The summed E-state index contributed by atoms with van der Waals surface area (Å²) in [4.78, 5) is 28.8. The van der Waals surface area contributed by atoms with E-state index < -0.39 is 5.60 Å². The van der Waals surface area contributed by atoms with Crippen LogP contribution in [-0.4, -0.2) is 61.8 Å². The lowest BCUT2D eigenvalue weighted by Gasteiger charge is -2.43. The Labute approximate surface area is 168 Å². The van der Waals surface area contributed by atoms with E-state index in [0.717, 1.165) is 5.69 Å². The lowest BCUT2D eigenvalue weighted by molar-refractivity contribution is -0.157. The van der Waals surface area contributed by atoms with Gasteiger partial charge in [-0.1, -0.05) is 30.3 Å². The minimum Gasteiger partial charge on any atom is -0.368 e. The Morgan fingerprint density at radius 3 is 2.72 bits per heavy atom. The molecule has 0 N–H and O–H groups in total. The highest BCUT2D eigenvalue weighted by Crippen LogP contribution is 2.27. The van der Waals surface area contributed by atoms with E-state index in [0.29, 0.717) is 31.8 Å². The smallest absolute Gasteiger partial charge is 0.253 e. The summed E-state index contributed by atoms with van der Waals surface area (Å²) in [5, 5.41) is 0. The SMILES string of the molecule is O=C(Cc1cccc(F)c1)N1CCOC2(COCC(=O)N(c3ccccc3)C2)C1. The summed E-state index contributed by atoms with van der Waals surface area (Å²) in [6.45, 7) is 1.63. The number of carbonyl (C=O) groups is 2. The van der Waals surface area contributed by atoms with Gasteiger partial charge in [-0.05, 0) is 29.8 Å². The average molecular weight is 398 g/mol. The molecule has 2 aliphatic rings. The van der Waals surface area contributed by atoms with Gasteiger partial charge >= 0.3 is 0 Å². The molecule has 2 amide bonds. The van der Waals surface area contributed by atoms with Gasteiger partial charge in [0, 0.05) is 12.2 Å². The normalized spacial score (nSPS) is 22.6. The number of hydrogen-bond acceptors (Lipinski definition) is 4. The first kappa shape index (κ1) is 19.5. The highest BCUT2D eigenvalue weighted by atomic mass is 19.1. The molecule has 29 heavy (non-hydrogen) atoms. The number of amides is 2. The largest absolute Gasteiger partial charge is 0.368 e. The average Bonchev–Trinajstić information content (AvgIpc) is 2.88. The van der Waals surface area contributed by atoms with E-state index >= 15 is 0 Å². The standard InChI is InChI=1S/C22H23FN2O4/c23-18-6-4-5-17(11-18)12-20(26)24-9-10-29-22(14-24)15-25(21(27)13-28-16-22)19-7-2-1-3-8-19/h1-8,11H,9-10,12-16H2. The number of ether oxygens (including phenoxy) is 2. The van der Waals surface area contributed by atoms with E-state index in [9.17, 15) is 14.0 Å². The van der Waals surface area contributed by atoms with Crippen LogP contribution < -0.4 is 4.90 Å². The van der Waals surface area contributed by atoms with Gasteiger partial charge in [0.2, 0.25) is 5.91 Å². The maximum absolute atomic E-state index is 13.4. The number of rotatable bonds is 3. The van der Waals surface area contributed by atoms with E-state index in [1.54, 1.807) is 21.9 Å². The number of benzene rings is 2. The maximum Gasteiger partial charge on any atom is 0.253 e. The third-order valence-electron chi connectivity index (χ3n) is 5.25. The summed E-state index contributed by atoms with van der Waals surface area (Å²) in [5.41, 5.74) is 0.612. The number of carbonyl (C=O) groups excluding carboxylic acids is 2. The van der Waals surface area contributed by atoms with Gasteiger partial charge in [0.15, 0.2) is 0 Å². The van der Waals surface area contributed by atoms with Crippen molar-refractivity contribution in [2.24, 2.45) is 0 Å². The molecule has 0 aromatic heterocycles. The Morgan fingerprint density at radius 1 is 1.10 bits per heavy atom. The second-order valence-corrected chi connectivity index (χ2v) is 7.46. The van der Waals surface area contributed by atoms with Gasteiger partial charge in [0.1, 0.15) is 18.0 Å². The van der Waals surface area contributed by atoms with Crippen LogP contribution in [-0.2, 0) is 25.5 Å². The van der Waals surface area contributed by atoms with Crippen molar-refractivity contribution in [3.8, 4) is 0 Å². The summed E-state index contributed by atoms with van der Waals surface area (Å²) in [6.07, 6.45) is 0.121. The molecule has 2 heterocycles. The zero-order valence-corrected chi connectivity index (χ0v) is 16.1. The third kappa shape index (κ3) is 4.46. The Balaban J connectivity index is 1.51. The lowest BCUT2D eigenvalue weighted by atomic mass is 10.0. The molecule has 2 aromatic carbocycles. The van der Waals surface area contributed by atoms with Crippen LogP contribution >= 0.6 is 0 Å². The topological polar surface area (TPSA) is 59.1 Å². The molecule has 2 fully saturated rings. The molecule has 152 valence electrons. The van der Waals surface area contributed by atoms with Crippen LogP contribution in [0, 0.1) is 5.82 Å². The molecule has 4 rings (SSSR count). The second-order valence-electron chi connectivity index (χ2n) is 7.46. The molecule has 0 saturated carbocycles. The zero-order chi connectivity index (χ0) is 20.3. The molecule has 6 nitrogen and oxygen atoms in total. The Hall–Kier alpha value is -2.77. The highest BCUT2D eigenvalue weighted by Gasteiger charge is 2.43. The van der Waals surface area contributed by atoms with E-state index in [1.807, 2.05) is 30.3 Å². The van der Waals surface area contributed by atoms with Gasteiger partial charge in [-0.3, -0.25) is 9.59 Å². The summed E-state index contributed by atoms with van der Waals surface area (Å²) >= 11 is 0. The Bertz CT molecular complexity index is 891. The van der Waals surface area contributed by atoms with Crippen LogP contribution in [0.25, 0.3) is 0 Å². The first-order valence-electron chi connectivity index (χ1n) is 9.64. The van der Waals surface area contributed by atoms with Crippen LogP contribution in [0.5, 0.6) is 0 Å². The first-order chi connectivity index (χ1) is 14.0. The maximum atomic E-state index is 13.4. The van der Waals surface area contributed by atoms with Gasteiger partial charge < -0.3 is 19.3 Å². The zero-order valence-electron chi connectivity index (χ0n) is 16.1. The first-order valence-corrected chi connectivity index (χ1v) is 9.64. The molecule has 1 atom stereocenters. The number of halogens is 1. The third-order valence-corrected chi connectivity index (χ3v) is 5.25. The van der Waals surface area contributed by atoms with Crippen LogP contribution in [0.15, 0.2) is 54.6 Å². The van der Waals surface area contributed by atoms with Crippen molar-refractivity contribution in [2.75, 3.05) is 44.4 Å². The van der Waals surface area contributed by atoms with E-state index in [4.69, 9.17) is 9.47 Å². The Morgan fingerprint density at radius 2 is 1.93 bits per heavy atom. The minimum atomic E-state index is -0.794. The number of morpholine rings is 1. The summed E-state index contributed by atoms with van der Waals surface area (Å²) < 4.78 is 25.1. The second kappa shape index (κ2) is 8.31. The fourth-order valence-corrected chi connectivity index (χ4v) is 3.84. The van der Waals surface area contributed by atoms with E-state index in [2.05, 4.69) is 0 Å². The molecule has 2 saturated heterocycles. The monoisotopic (exact) mass is 398 g/mol. The van der Waals surface area contributed by atoms with E-state index in [-0.39, 0.29) is 37.3 Å². The van der Waals surface area contributed by atoms with Gasteiger partial charge in [0.05, 0.1) is 32.7 Å². The van der Waals surface area contributed by atoms with Crippen LogP contribution in [0.1, 0.15) is 5.56 Å². The molecule has 0 radical (unpaired) electrons. The van der Waals surface area contributed by atoms with Crippen LogP contribution in [0.2, 0.25) is 0 Å². The Kier molecular flexibility index (Phi) is 5.60. The predicted molar refractivity (Wildman–Crippen MR) is 105 cm³/mol. The molecule has 0 aliphatic carbocycles. The van der Waals surface area contributed by atoms with Gasteiger partial charge in [0.25, 0.3) is 5.91 Å². The fourth-order valence-electron chi connectivity index (χ4n) is 3.84. The lowest BCUT2D eigenvalue weighted by Crippen LogP contribution is -2.60. The quantitative estimate of drug-likeness (QED) is 0.794. The summed E-state index contributed by atoms with van der Waals surface area (Å²) in [5.74, 6) is -0.595. The van der Waals surface area contributed by atoms with Gasteiger partial charge in [-0.15, -0.1) is 0 Å². The number of anilines is 1. The van der Waals surface area contributed by atoms with Crippen molar-refractivity contribution in [1.82, 2.24) is 4.90 Å². The predicted octanol–water partition coefficient (Wildman–Crippen LogP) is 2.03. The number of nitrogens with zero attached hydrogens (tertiary/aromatic N) is 2. The van der Waals surface area contributed by atoms with Crippen molar-refractivity contribution >= 4 is 17.5 Å². The molecule has 1 spiro atoms. The highest BCUT2D eigenvalue weighted by molar-refractivity contribution is 5.94. The van der Waals surface area contributed by atoms with Gasteiger partial charge in [-0.25, -0.2) is 4.39 Å². The van der Waals surface area contributed by atoms with Crippen molar-refractivity contribution in [3.63, 3.8) is 0 Å². The molecule has 1 unspecified atom stereocenters. The van der Waals surface area contributed by atoms with Crippen molar-refractivity contribution in [3.05, 3.63) is 66.0 Å². The molecular formula is C22H23FN2O4. The minimum absolute atomic E-state index is 0.0305. The van der Waals surface area contributed by atoms with Crippen molar-refractivity contribution in [2.45, 2.75) is 12.0 Å². The number of para-hydroxylation sites is 1.